The second-order valence-electron chi connectivity index (χ2n) is 7.35. The summed E-state index contributed by atoms with van der Waals surface area (Å²) in [6.45, 7) is 6.50. The number of nitrogens with one attached hydrogen (secondary N) is 1. The van der Waals surface area contributed by atoms with E-state index in [0.717, 1.165) is 49.1 Å². The number of rotatable bonds is 5. The highest BCUT2D eigenvalue weighted by Gasteiger charge is 2.19. The summed E-state index contributed by atoms with van der Waals surface area (Å²) in [5.74, 6) is 0.678. The quantitative estimate of drug-likeness (QED) is 0.496. The number of furan rings is 1. The van der Waals surface area contributed by atoms with Crippen LogP contribution in [0.25, 0.3) is 22.1 Å². The fraction of sp³-hybridized carbons (Fsp3) is 0.350. The van der Waals surface area contributed by atoms with E-state index < -0.39 is 0 Å². The summed E-state index contributed by atoms with van der Waals surface area (Å²) < 4.78 is 8.74. The Hall–Kier alpha value is -2.49. The number of imidazole rings is 1. The molecule has 9 heteroatoms. The lowest BCUT2D eigenvalue weighted by Gasteiger charge is -2.34. The van der Waals surface area contributed by atoms with Gasteiger partial charge in [-0.25, -0.2) is 9.97 Å². The number of hydrogen-bond donors (Lipinski definition) is 1. The summed E-state index contributed by atoms with van der Waals surface area (Å²) in [7, 11) is 0. The van der Waals surface area contributed by atoms with E-state index in [0.29, 0.717) is 23.5 Å². The van der Waals surface area contributed by atoms with E-state index in [9.17, 15) is 4.79 Å². The van der Waals surface area contributed by atoms with E-state index in [1.54, 1.807) is 0 Å². The highest BCUT2D eigenvalue weighted by atomic mass is 79.9. The van der Waals surface area contributed by atoms with Gasteiger partial charge in [0.1, 0.15) is 16.9 Å². The van der Waals surface area contributed by atoms with Crippen LogP contribution in [0.4, 0.5) is 0 Å². The van der Waals surface area contributed by atoms with Crippen LogP contribution in [0.15, 0.2) is 50.6 Å². The molecule has 0 atom stereocenters. The number of fused-ring (bicyclic) bond motifs is 3. The van der Waals surface area contributed by atoms with E-state index in [-0.39, 0.29) is 11.1 Å². The van der Waals surface area contributed by atoms with Gasteiger partial charge >= 0.3 is 0 Å². The van der Waals surface area contributed by atoms with Gasteiger partial charge in [0, 0.05) is 61.5 Å². The molecule has 1 aromatic carbocycles. The zero-order valence-corrected chi connectivity index (χ0v) is 17.4. The molecule has 8 nitrogen and oxygen atoms in total. The van der Waals surface area contributed by atoms with Gasteiger partial charge in [-0.15, -0.1) is 0 Å². The van der Waals surface area contributed by atoms with Crippen LogP contribution in [0, 0.1) is 0 Å². The summed E-state index contributed by atoms with van der Waals surface area (Å²) >= 11 is 3.48. The molecule has 1 saturated heterocycles. The largest absolute Gasteiger partial charge is 0.449 e. The normalized spacial score (nSPS) is 16.2. The Labute approximate surface area is 175 Å². The molecule has 150 valence electrons. The lowest BCUT2D eigenvalue weighted by atomic mass is 10.2. The van der Waals surface area contributed by atoms with Crippen LogP contribution in [0.5, 0.6) is 0 Å². The molecule has 29 heavy (non-hydrogen) atoms. The fourth-order valence-corrected chi connectivity index (χ4v) is 4.17. The van der Waals surface area contributed by atoms with Gasteiger partial charge in [0.05, 0.1) is 12.9 Å². The van der Waals surface area contributed by atoms with Crippen molar-refractivity contribution in [2.24, 2.45) is 0 Å². The molecule has 3 aromatic heterocycles. The molecule has 4 aromatic rings. The number of hydrogen-bond acceptors (Lipinski definition) is 6. The SMILES string of the molecule is O=c1[nH]c(CN2CCN(CCn3ccnc3)CC2)nc2c1oc1ccc(Br)cc12. The van der Waals surface area contributed by atoms with E-state index >= 15 is 0 Å². The standard InChI is InChI=1S/C20H21BrN6O2/c21-14-1-2-16-15(11-14)18-19(29-16)20(28)24-17(23-18)12-26-8-5-25(6-9-26)7-10-27-4-3-22-13-27/h1-4,11,13H,5-10,12H2,(H,23,24,28). The highest BCUT2D eigenvalue weighted by molar-refractivity contribution is 9.10. The van der Waals surface area contributed by atoms with E-state index in [4.69, 9.17) is 9.40 Å². The van der Waals surface area contributed by atoms with Crippen LogP contribution < -0.4 is 5.56 Å². The molecule has 0 radical (unpaired) electrons. The summed E-state index contributed by atoms with van der Waals surface area (Å²) in [5, 5.41) is 0.853. The maximum Gasteiger partial charge on any atom is 0.294 e. The second kappa shape index (κ2) is 7.74. The second-order valence-corrected chi connectivity index (χ2v) is 8.27. The number of halogens is 1. The van der Waals surface area contributed by atoms with Gasteiger partial charge in [-0.3, -0.25) is 14.6 Å². The lowest BCUT2D eigenvalue weighted by molar-refractivity contribution is 0.122. The lowest BCUT2D eigenvalue weighted by Crippen LogP contribution is -2.47. The fourth-order valence-electron chi connectivity index (χ4n) is 3.81. The molecule has 0 spiro atoms. The van der Waals surface area contributed by atoms with Crippen molar-refractivity contribution in [1.29, 1.82) is 0 Å². The van der Waals surface area contributed by atoms with Crippen LogP contribution in [0.1, 0.15) is 5.82 Å². The van der Waals surface area contributed by atoms with Crippen molar-refractivity contribution < 1.29 is 4.42 Å². The molecule has 0 amide bonds. The van der Waals surface area contributed by atoms with E-state index in [1.807, 2.05) is 36.9 Å². The van der Waals surface area contributed by atoms with Gasteiger partial charge < -0.3 is 14.0 Å². The Balaban J connectivity index is 1.28. The molecule has 1 fully saturated rings. The molecule has 1 aliphatic rings. The third-order valence-electron chi connectivity index (χ3n) is 5.41. The Morgan fingerprint density at radius 1 is 1.14 bits per heavy atom. The number of nitrogens with zero attached hydrogens (tertiary/aromatic N) is 5. The maximum absolute atomic E-state index is 12.5. The molecule has 5 rings (SSSR count). The number of aromatic nitrogens is 4. The smallest absolute Gasteiger partial charge is 0.294 e. The summed E-state index contributed by atoms with van der Waals surface area (Å²) in [4.78, 5) is 29.0. The summed E-state index contributed by atoms with van der Waals surface area (Å²) in [6.07, 6.45) is 5.66. The highest BCUT2D eigenvalue weighted by Crippen LogP contribution is 2.27. The van der Waals surface area contributed by atoms with Crippen molar-refractivity contribution in [3.63, 3.8) is 0 Å². The van der Waals surface area contributed by atoms with Gasteiger partial charge in [-0.1, -0.05) is 15.9 Å². The van der Waals surface area contributed by atoms with Gasteiger partial charge in [0.2, 0.25) is 5.58 Å². The third kappa shape index (κ3) is 3.85. The third-order valence-corrected chi connectivity index (χ3v) is 5.90. The zero-order chi connectivity index (χ0) is 19.8. The van der Waals surface area contributed by atoms with Crippen molar-refractivity contribution in [3.05, 3.63) is 57.6 Å². The number of H-pyrrole nitrogens is 1. The van der Waals surface area contributed by atoms with Crippen molar-refractivity contribution >= 4 is 38.0 Å². The van der Waals surface area contributed by atoms with E-state index in [2.05, 4.69) is 40.3 Å². The first kappa shape index (κ1) is 18.5. The molecule has 0 saturated carbocycles. The zero-order valence-electron chi connectivity index (χ0n) is 15.8. The summed E-state index contributed by atoms with van der Waals surface area (Å²) in [5.41, 5.74) is 1.35. The van der Waals surface area contributed by atoms with Crippen molar-refractivity contribution in [2.75, 3.05) is 32.7 Å². The molecule has 0 bridgehead atoms. The molecular formula is C20H21BrN6O2. The predicted octanol–water partition coefficient (Wildman–Crippen LogP) is 2.45. The van der Waals surface area contributed by atoms with Crippen molar-refractivity contribution in [3.8, 4) is 0 Å². The van der Waals surface area contributed by atoms with Gasteiger partial charge in [-0.2, -0.15) is 0 Å². The first-order chi connectivity index (χ1) is 14.2. The minimum absolute atomic E-state index is 0.226. The number of aromatic amines is 1. The minimum atomic E-state index is -0.226. The maximum atomic E-state index is 12.5. The Kier molecular flexibility index (Phi) is 4.94. The molecular weight excluding hydrogens is 436 g/mol. The summed E-state index contributed by atoms with van der Waals surface area (Å²) in [6, 6.07) is 5.69. The topological polar surface area (TPSA) is 83.2 Å². The van der Waals surface area contributed by atoms with Crippen LogP contribution in [0.3, 0.4) is 0 Å². The Bertz CT molecular complexity index is 1190. The average molecular weight is 457 g/mol. The first-order valence-corrected chi connectivity index (χ1v) is 10.5. The van der Waals surface area contributed by atoms with Crippen molar-refractivity contribution in [1.82, 2.24) is 29.3 Å². The number of piperazine rings is 1. The van der Waals surface area contributed by atoms with Crippen LogP contribution >= 0.6 is 15.9 Å². The van der Waals surface area contributed by atoms with Crippen molar-refractivity contribution in [2.45, 2.75) is 13.1 Å². The van der Waals surface area contributed by atoms with Gasteiger partial charge in [-0.05, 0) is 18.2 Å². The van der Waals surface area contributed by atoms with Crippen LogP contribution in [0.2, 0.25) is 0 Å². The number of benzene rings is 1. The van der Waals surface area contributed by atoms with Gasteiger partial charge in [0.25, 0.3) is 5.56 Å². The van der Waals surface area contributed by atoms with Crippen LogP contribution in [-0.4, -0.2) is 62.0 Å². The van der Waals surface area contributed by atoms with E-state index in [1.165, 1.54) is 0 Å². The molecule has 1 aliphatic heterocycles. The predicted molar refractivity (Wildman–Crippen MR) is 114 cm³/mol. The molecule has 1 N–H and O–H groups in total. The first-order valence-electron chi connectivity index (χ1n) is 9.67. The molecule has 0 aliphatic carbocycles. The Morgan fingerprint density at radius 2 is 1.97 bits per heavy atom. The molecule has 4 heterocycles. The molecule has 0 unspecified atom stereocenters. The van der Waals surface area contributed by atoms with Gasteiger partial charge in [0.15, 0.2) is 0 Å². The Morgan fingerprint density at radius 3 is 2.76 bits per heavy atom. The minimum Gasteiger partial charge on any atom is -0.449 e. The van der Waals surface area contributed by atoms with Crippen LogP contribution in [-0.2, 0) is 13.1 Å². The average Bonchev–Trinajstić information content (AvgIpc) is 3.36. The monoisotopic (exact) mass is 456 g/mol.